The van der Waals surface area contributed by atoms with Gasteiger partial charge in [0.25, 0.3) is 0 Å². The average molecular weight is 302 g/mol. The lowest BCUT2D eigenvalue weighted by Gasteiger charge is -2.16. The molecule has 0 bridgehead atoms. The summed E-state index contributed by atoms with van der Waals surface area (Å²) < 4.78 is 0. The fourth-order valence-electron chi connectivity index (χ4n) is 2.39. The van der Waals surface area contributed by atoms with E-state index in [-0.39, 0.29) is 0 Å². The standard InChI is InChI=1S/C17H20ClN3/c1-10(2)13-6-4-5-7-14(13)19-16-11(3)15(18)20-17(21-16)12-8-9-12/h4-7,10,12H,8-9H2,1-3H3,(H,19,20,21). The van der Waals surface area contributed by atoms with Crippen LogP contribution in [0.5, 0.6) is 0 Å². The monoisotopic (exact) mass is 301 g/mol. The lowest BCUT2D eigenvalue weighted by molar-refractivity contribution is 0.867. The van der Waals surface area contributed by atoms with Crippen molar-refractivity contribution in [2.45, 2.75) is 45.4 Å². The van der Waals surface area contributed by atoms with E-state index in [0.29, 0.717) is 17.0 Å². The molecule has 0 amide bonds. The SMILES string of the molecule is Cc1c(Cl)nc(C2CC2)nc1Nc1ccccc1C(C)C. The van der Waals surface area contributed by atoms with E-state index in [0.717, 1.165) is 22.9 Å². The third-order valence-electron chi connectivity index (χ3n) is 3.88. The molecule has 0 spiro atoms. The Kier molecular flexibility index (Phi) is 3.85. The summed E-state index contributed by atoms with van der Waals surface area (Å²) in [5, 5.41) is 4.00. The molecular formula is C17H20ClN3. The van der Waals surface area contributed by atoms with E-state index in [9.17, 15) is 0 Å². The Morgan fingerprint density at radius 2 is 1.90 bits per heavy atom. The topological polar surface area (TPSA) is 37.8 Å². The van der Waals surface area contributed by atoms with Gasteiger partial charge in [-0.1, -0.05) is 43.6 Å². The number of nitrogens with one attached hydrogen (secondary N) is 1. The molecule has 3 rings (SSSR count). The first-order valence-corrected chi connectivity index (χ1v) is 7.84. The van der Waals surface area contributed by atoms with E-state index in [2.05, 4.69) is 47.3 Å². The minimum absolute atomic E-state index is 0.453. The lowest BCUT2D eigenvalue weighted by atomic mass is 10.0. The molecule has 4 heteroatoms. The van der Waals surface area contributed by atoms with Gasteiger partial charge in [0.15, 0.2) is 0 Å². The molecule has 1 N–H and O–H groups in total. The zero-order chi connectivity index (χ0) is 15.0. The van der Waals surface area contributed by atoms with Crippen molar-refractivity contribution in [3.05, 3.63) is 46.4 Å². The fraction of sp³-hybridized carbons (Fsp3) is 0.412. The molecule has 1 aliphatic carbocycles. The molecule has 1 heterocycles. The van der Waals surface area contributed by atoms with Crippen LogP contribution in [0, 0.1) is 6.92 Å². The van der Waals surface area contributed by atoms with Crippen molar-refractivity contribution >= 4 is 23.1 Å². The van der Waals surface area contributed by atoms with E-state index in [1.807, 2.05) is 13.0 Å². The van der Waals surface area contributed by atoms with Crippen LogP contribution >= 0.6 is 11.6 Å². The first-order chi connectivity index (χ1) is 10.1. The molecule has 2 aromatic rings. The van der Waals surface area contributed by atoms with Gasteiger partial charge in [0.05, 0.1) is 0 Å². The summed E-state index contributed by atoms with van der Waals surface area (Å²) in [6.07, 6.45) is 2.34. The summed E-state index contributed by atoms with van der Waals surface area (Å²) in [5.74, 6) is 2.64. The highest BCUT2D eigenvalue weighted by atomic mass is 35.5. The van der Waals surface area contributed by atoms with Crippen molar-refractivity contribution in [1.82, 2.24) is 9.97 Å². The molecule has 3 nitrogen and oxygen atoms in total. The molecule has 0 saturated heterocycles. The third kappa shape index (κ3) is 3.03. The number of benzene rings is 1. The van der Waals surface area contributed by atoms with Crippen LogP contribution in [0.25, 0.3) is 0 Å². The molecule has 1 aromatic carbocycles. The fourth-order valence-corrected chi connectivity index (χ4v) is 2.57. The Labute approximate surface area is 130 Å². The molecule has 1 aliphatic rings. The minimum atomic E-state index is 0.453. The van der Waals surface area contributed by atoms with E-state index >= 15 is 0 Å². The maximum atomic E-state index is 6.27. The van der Waals surface area contributed by atoms with Crippen LogP contribution in [0.2, 0.25) is 5.15 Å². The van der Waals surface area contributed by atoms with Gasteiger partial charge in [-0.15, -0.1) is 0 Å². The number of para-hydroxylation sites is 1. The van der Waals surface area contributed by atoms with Crippen molar-refractivity contribution < 1.29 is 0 Å². The van der Waals surface area contributed by atoms with E-state index in [1.165, 1.54) is 18.4 Å². The predicted molar refractivity (Wildman–Crippen MR) is 87.6 cm³/mol. The van der Waals surface area contributed by atoms with Crippen LogP contribution in [0.1, 0.15) is 55.5 Å². The van der Waals surface area contributed by atoms with Crippen molar-refractivity contribution in [1.29, 1.82) is 0 Å². The van der Waals surface area contributed by atoms with Crippen LogP contribution in [0.15, 0.2) is 24.3 Å². The Morgan fingerprint density at radius 3 is 2.57 bits per heavy atom. The highest BCUT2D eigenvalue weighted by Gasteiger charge is 2.28. The minimum Gasteiger partial charge on any atom is -0.340 e. The second kappa shape index (κ2) is 5.64. The average Bonchev–Trinajstić information content (AvgIpc) is 3.28. The molecule has 1 aromatic heterocycles. The quantitative estimate of drug-likeness (QED) is 0.790. The summed E-state index contributed by atoms with van der Waals surface area (Å²) >= 11 is 6.27. The number of nitrogens with zero attached hydrogens (tertiary/aromatic N) is 2. The third-order valence-corrected chi connectivity index (χ3v) is 4.25. The van der Waals surface area contributed by atoms with Crippen molar-refractivity contribution in [2.75, 3.05) is 5.32 Å². The van der Waals surface area contributed by atoms with Gasteiger partial charge in [0, 0.05) is 17.2 Å². The number of rotatable bonds is 4. The lowest BCUT2D eigenvalue weighted by Crippen LogP contribution is -2.05. The Morgan fingerprint density at radius 1 is 1.19 bits per heavy atom. The van der Waals surface area contributed by atoms with Gasteiger partial charge in [-0.3, -0.25) is 0 Å². The number of anilines is 2. The zero-order valence-electron chi connectivity index (χ0n) is 12.7. The van der Waals surface area contributed by atoms with Gasteiger partial charge in [-0.25, -0.2) is 9.97 Å². The second-order valence-corrected chi connectivity index (χ2v) is 6.35. The molecular weight excluding hydrogens is 282 g/mol. The van der Waals surface area contributed by atoms with Gasteiger partial charge in [0.1, 0.15) is 16.8 Å². The summed E-state index contributed by atoms with van der Waals surface area (Å²) in [7, 11) is 0. The molecule has 0 atom stereocenters. The highest BCUT2D eigenvalue weighted by Crippen LogP contribution is 2.40. The maximum Gasteiger partial charge on any atom is 0.138 e. The van der Waals surface area contributed by atoms with Gasteiger partial charge >= 0.3 is 0 Å². The molecule has 21 heavy (non-hydrogen) atoms. The van der Waals surface area contributed by atoms with E-state index in [1.54, 1.807) is 0 Å². The van der Waals surface area contributed by atoms with Crippen LogP contribution in [-0.4, -0.2) is 9.97 Å². The molecule has 110 valence electrons. The summed E-state index contributed by atoms with van der Waals surface area (Å²) in [6, 6.07) is 8.33. The van der Waals surface area contributed by atoms with Crippen molar-refractivity contribution in [3.63, 3.8) is 0 Å². The van der Waals surface area contributed by atoms with E-state index in [4.69, 9.17) is 11.6 Å². The summed E-state index contributed by atoms with van der Waals surface area (Å²) in [4.78, 5) is 9.09. The normalized spacial score (nSPS) is 14.5. The molecule has 0 aliphatic heterocycles. The molecule has 1 saturated carbocycles. The van der Waals surface area contributed by atoms with Crippen LogP contribution in [0.3, 0.4) is 0 Å². The number of hydrogen-bond acceptors (Lipinski definition) is 3. The van der Waals surface area contributed by atoms with Gasteiger partial charge < -0.3 is 5.32 Å². The highest BCUT2D eigenvalue weighted by molar-refractivity contribution is 6.30. The second-order valence-electron chi connectivity index (χ2n) is 5.99. The number of hydrogen-bond donors (Lipinski definition) is 1. The van der Waals surface area contributed by atoms with Crippen LogP contribution in [-0.2, 0) is 0 Å². The largest absolute Gasteiger partial charge is 0.340 e. The summed E-state index contributed by atoms with van der Waals surface area (Å²) in [6.45, 7) is 6.34. The Bertz CT molecular complexity index is 663. The smallest absolute Gasteiger partial charge is 0.138 e. The van der Waals surface area contributed by atoms with E-state index < -0.39 is 0 Å². The molecule has 0 unspecified atom stereocenters. The number of halogens is 1. The Hall–Kier alpha value is -1.61. The molecule has 0 radical (unpaired) electrons. The van der Waals surface area contributed by atoms with Crippen LogP contribution in [0.4, 0.5) is 11.5 Å². The first kappa shape index (κ1) is 14.3. The first-order valence-electron chi connectivity index (χ1n) is 7.46. The van der Waals surface area contributed by atoms with Crippen LogP contribution < -0.4 is 5.32 Å². The van der Waals surface area contributed by atoms with Gasteiger partial charge in [-0.05, 0) is 37.3 Å². The summed E-state index contributed by atoms with van der Waals surface area (Å²) in [5.41, 5.74) is 3.27. The number of aromatic nitrogens is 2. The maximum absolute atomic E-state index is 6.27. The predicted octanol–water partition coefficient (Wildman–Crippen LogP) is 5.18. The van der Waals surface area contributed by atoms with Crippen molar-refractivity contribution in [3.8, 4) is 0 Å². The van der Waals surface area contributed by atoms with Crippen molar-refractivity contribution in [2.24, 2.45) is 0 Å². The Balaban J connectivity index is 1.98. The van der Waals surface area contributed by atoms with Gasteiger partial charge in [-0.2, -0.15) is 0 Å². The van der Waals surface area contributed by atoms with Gasteiger partial charge in [0.2, 0.25) is 0 Å². The molecule has 1 fully saturated rings. The zero-order valence-corrected chi connectivity index (χ0v) is 13.4.